The number of anilines is 1. The van der Waals surface area contributed by atoms with Gasteiger partial charge in [-0.15, -0.1) is 11.8 Å². The Balaban J connectivity index is 1.79. The van der Waals surface area contributed by atoms with Crippen molar-refractivity contribution in [3.05, 3.63) is 59.9 Å². The van der Waals surface area contributed by atoms with Crippen molar-refractivity contribution in [3.63, 3.8) is 0 Å². The fourth-order valence-corrected chi connectivity index (χ4v) is 2.34. The average Bonchev–Trinajstić information content (AvgIpc) is 2.47. The van der Waals surface area contributed by atoms with Gasteiger partial charge in [-0.05, 0) is 23.8 Å². The van der Waals surface area contributed by atoms with Gasteiger partial charge in [0.15, 0.2) is 0 Å². The van der Waals surface area contributed by atoms with Crippen LogP contribution in [0, 0.1) is 5.82 Å². The number of benzene rings is 2. The number of nitrogen functional groups attached to an aromatic ring is 1. The molecule has 0 aromatic heterocycles. The van der Waals surface area contributed by atoms with E-state index in [1.54, 1.807) is 6.07 Å². The van der Waals surface area contributed by atoms with Gasteiger partial charge in [0.1, 0.15) is 5.82 Å². The third kappa shape index (κ3) is 4.28. The Morgan fingerprint density at radius 2 is 1.95 bits per heavy atom. The zero-order valence-corrected chi connectivity index (χ0v) is 11.6. The van der Waals surface area contributed by atoms with Crippen LogP contribution < -0.4 is 11.1 Å². The molecule has 3 nitrogen and oxygen atoms in total. The molecule has 0 atom stereocenters. The molecule has 0 aliphatic heterocycles. The number of halogens is 1. The van der Waals surface area contributed by atoms with Crippen LogP contribution in [0.15, 0.2) is 53.4 Å². The van der Waals surface area contributed by atoms with Crippen molar-refractivity contribution in [1.82, 2.24) is 5.32 Å². The van der Waals surface area contributed by atoms with Crippen LogP contribution in [0.5, 0.6) is 0 Å². The normalized spacial score (nSPS) is 10.2. The van der Waals surface area contributed by atoms with E-state index in [2.05, 4.69) is 5.32 Å². The topological polar surface area (TPSA) is 55.1 Å². The molecule has 20 heavy (non-hydrogen) atoms. The number of nitrogens with two attached hydrogens (primary N) is 1. The van der Waals surface area contributed by atoms with Crippen LogP contribution in [0.3, 0.4) is 0 Å². The molecule has 2 aromatic carbocycles. The minimum Gasteiger partial charge on any atom is -0.396 e. The number of rotatable bonds is 5. The smallest absolute Gasteiger partial charge is 0.230 e. The first-order chi connectivity index (χ1) is 9.65. The predicted molar refractivity (Wildman–Crippen MR) is 79.8 cm³/mol. The summed E-state index contributed by atoms with van der Waals surface area (Å²) < 4.78 is 13.2. The molecule has 0 saturated heterocycles. The average molecular weight is 290 g/mol. The molecule has 3 N–H and O–H groups in total. The first-order valence-electron chi connectivity index (χ1n) is 6.13. The van der Waals surface area contributed by atoms with Crippen molar-refractivity contribution in [1.29, 1.82) is 0 Å². The van der Waals surface area contributed by atoms with Crippen LogP contribution in [0.1, 0.15) is 5.56 Å². The lowest BCUT2D eigenvalue weighted by Crippen LogP contribution is -2.24. The van der Waals surface area contributed by atoms with Gasteiger partial charge >= 0.3 is 0 Å². The second kappa shape index (κ2) is 6.96. The lowest BCUT2D eigenvalue weighted by Gasteiger charge is -2.06. The summed E-state index contributed by atoms with van der Waals surface area (Å²) in [5.74, 6) is -0.299. The van der Waals surface area contributed by atoms with E-state index in [-0.39, 0.29) is 17.3 Å². The molecule has 0 saturated carbocycles. The molecule has 1 amide bonds. The molecule has 0 spiro atoms. The Morgan fingerprint density at radius 1 is 1.20 bits per heavy atom. The minimum atomic E-state index is -0.459. The SMILES string of the molecule is Nc1ccc(SCC(=O)NCc2ccccc2)cc1F. The molecule has 2 aromatic rings. The Labute approximate surface area is 121 Å². The number of nitrogens with one attached hydrogen (secondary N) is 1. The molecule has 0 radical (unpaired) electrons. The quantitative estimate of drug-likeness (QED) is 0.657. The van der Waals surface area contributed by atoms with Crippen molar-refractivity contribution in [2.75, 3.05) is 11.5 Å². The lowest BCUT2D eigenvalue weighted by atomic mass is 10.2. The number of thioether (sulfide) groups is 1. The largest absolute Gasteiger partial charge is 0.396 e. The number of amides is 1. The van der Waals surface area contributed by atoms with Crippen LogP contribution in [-0.4, -0.2) is 11.7 Å². The van der Waals surface area contributed by atoms with Gasteiger partial charge < -0.3 is 11.1 Å². The molecule has 5 heteroatoms. The predicted octanol–water partition coefficient (Wildman–Crippen LogP) is 2.82. The maximum absolute atomic E-state index is 13.2. The van der Waals surface area contributed by atoms with Crippen molar-refractivity contribution in [2.45, 2.75) is 11.4 Å². The molecule has 0 aliphatic carbocycles. The van der Waals surface area contributed by atoms with Gasteiger partial charge in [-0.25, -0.2) is 4.39 Å². The summed E-state index contributed by atoms with van der Waals surface area (Å²) in [5, 5.41) is 2.82. The van der Waals surface area contributed by atoms with Crippen molar-refractivity contribution in [3.8, 4) is 0 Å². The van der Waals surface area contributed by atoms with E-state index in [1.807, 2.05) is 30.3 Å². The van der Waals surface area contributed by atoms with E-state index >= 15 is 0 Å². The maximum atomic E-state index is 13.2. The van der Waals surface area contributed by atoms with E-state index in [0.717, 1.165) is 5.56 Å². The summed E-state index contributed by atoms with van der Waals surface area (Å²) in [4.78, 5) is 12.4. The van der Waals surface area contributed by atoms with Crippen molar-refractivity contribution < 1.29 is 9.18 Å². The summed E-state index contributed by atoms with van der Waals surface area (Å²) in [7, 11) is 0. The van der Waals surface area contributed by atoms with Crippen LogP contribution in [0.4, 0.5) is 10.1 Å². The highest BCUT2D eigenvalue weighted by atomic mass is 32.2. The molecule has 2 rings (SSSR count). The second-order valence-electron chi connectivity index (χ2n) is 4.23. The van der Waals surface area contributed by atoms with E-state index in [4.69, 9.17) is 5.73 Å². The molecule has 0 aliphatic rings. The Kier molecular flexibility index (Phi) is 5.01. The van der Waals surface area contributed by atoms with Gasteiger partial charge in [-0.2, -0.15) is 0 Å². The number of hydrogen-bond donors (Lipinski definition) is 2. The van der Waals surface area contributed by atoms with Gasteiger partial charge in [0.25, 0.3) is 0 Å². The summed E-state index contributed by atoms with van der Waals surface area (Å²) in [6.07, 6.45) is 0. The van der Waals surface area contributed by atoms with E-state index in [1.165, 1.54) is 23.9 Å². The Hall–Kier alpha value is -2.01. The van der Waals surface area contributed by atoms with E-state index < -0.39 is 5.82 Å². The third-order valence-electron chi connectivity index (χ3n) is 2.67. The molecule has 104 valence electrons. The monoisotopic (exact) mass is 290 g/mol. The summed E-state index contributed by atoms with van der Waals surface area (Å²) in [5.41, 5.74) is 6.55. The van der Waals surface area contributed by atoms with E-state index in [0.29, 0.717) is 11.4 Å². The first-order valence-corrected chi connectivity index (χ1v) is 7.12. The van der Waals surface area contributed by atoms with Gasteiger partial charge in [0.2, 0.25) is 5.91 Å². The molecule has 0 fully saturated rings. The van der Waals surface area contributed by atoms with Crippen molar-refractivity contribution >= 4 is 23.4 Å². The minimum absolute atomic E-state index is 0.0870. The molecular formula is C15H15FN2OS. The van der Waals surface area contributed by atoms with Gasteiger partial charge in [-0.1, -0.05) is 30.3 Å². The van der Waals surface area contributed by atoms with Crippen molar-refractivity contribution in [2.24, 2.45) is 0 Å². The standard InChI is InChI=1S/C15H15FN2OS/c16-13-8-12(6-7-14(13)17)20-10-15(19)18-9-11-4-2-1-3-5-11/h1-8H,9-10,17H2,(H,18,19). The van der Waals surface area contributed by atoms with Gasteiger partial charge in [0, 0.05) is 11.4 Å². The highest BCUT2D eigenvalue weighted by Gasteiger charge is 2.05. The molecule has 0 heterocycles. The summed E-state index contributed by atoms with van der Waals surface area (Å²) in [6, 6.07) is 14.2. The highest BCUT2D eigenvalue weighted by molar-refractivity contribution is 8.00. The van der Waals surface area contributed by atoms with E-state index in [9.17, 15) is 9.18 Å². The molecule has 0 bridgehead atoms. The number of carbonyl (C=O) groups is 1. The molecular weight excluding hydrogens is 275 g/mol. The fourth-order valence-electron chi connectivity index (χ4n) is 1.59. The number of carbonyl (C=O) groups excluding carboxylic acids is 1. The third-order valence-corrected chi connectivity index (χ3v) is 3.67. The zero-order chi connectivity index (χ0) is 14.4. The Bertz CT molecular complexity index is 590. The van der Waals surface area contributed by atoms with Crippen LogP contribution in [0.25, 0.3) is 0 Å². The summed E-state index contributed by atoms with van der Waals surface area (Å²) >= 11 is 1.28. The van der Waals surface area contributed by atoms with Crippen LogP contribution in [0.2, 0.25) is 0 Å². The van der Waals surface area contributed by atoms with Gasteiger partial charge in [-0.3, -0.25) is 4.79 Å². The first kappa shape index (κ1) is 14.4. The maximum Gasteiger partial charge on any atom is 0.230 e. The number of hydrogen-bond acceptors (Lipinski definition) is 3. The lowest BCUT2D eigenvalue weighted by molar-refractivity contribution is -0.118. The Morgan fingerprint density at radius 3 is 2.65 bits per heavy atom. The summed E-state index contributed by atoms with van der Waals surface area (Å²) in [6.45, 7) is 0.496. The van der Waals surface area contributed by atoms with Crippen LogP contribution in [-0.2, 0) is 11.3 Å². The second-order valence-corrected chi connectivity index (χ2v) is 5.28. The fraction of sp³-hybridized carbons (Fsp3) is 0.133. The molecule has 0 unspecified atom stereocenters. The van der Waals surface area contributed by atoms with Gasteiger partial charge in [0.05, 0.1) is 11.4 Å². The zero-order valence-electron chi connectivity index (χ0n) is 10.8. The van der Waals surface area contributed by atoms with Crippen LogP contribution >= 0.6 is 11.8 Å². The highest BCUT2D eigenvalue weighted by Crippen LogP contribution is 2.21.